The van der Waals surface area contributed by atoms with E-state index in [1.54, 1.807) is 161 Å². The first kappa shape index (κ1) is 91.6. The lowest BCUT2D eigenvalue weighted by Crippen LogP contribution is -2.17. The molecular formula is C106H87N35O4. The molecule has 0 aliphatic heterocycles. The summed E-state index contributed by atoms with van der Waals surface area (Å²) in [5, 5.41) is 41.7. The van der Waals surface area contributed by atoms with E-state index in [1.165, 1.54) is 0 Å². The molecule has 0 unspecified atom stereocenters. The number of hydrogen-bond donors (Lipinski definition) is 11. The van der Waals surface area contributed by atoms with Gasteiger partial charge < -0.3 is 35.9 Å². The summed E-state index contributed by atoms with van der Waals surface area (Å²) in [7, 11) is 0. The Morgan fingerprint density at radius 2 is 0.669 bits per heavy atom. The van der Waals surface area contributed by atoms with Gasteiger partial charge in [0.1, 0.15) is 39.6 Å². The maximum Gasteiger partial charge on any atom is 0.226 e. The number of H-pyrrole nitrogens is 8. The Morgan fingerprint density at radius 1 is 0.303 bits per heavy atom. The summed E-state index contributed by atoms with van der Waals surface area (Å²) in [5.41, 5.74) is 28.3. The first-order valence-corrected chi connectivity index (χ1v) is 46.5. The highest BCUT2D eigenvalue weighted by molar-refractivity contribution is 6.03. The van der Waals surface area contributed by atoms with Gasteiger partial charge in [0.25, 0.3) is 0 Å². The van der Waals surface area contributed by atoms with Crippen LogP contribution in [0.3, 0.4) is 0 Å². The number of nitrogens with one attached hydrogen (secondary N) is 11. The molecule has 39 heteroatoms. The van der Waals surface area contributed by atoms with Crippen LogP contribution in [0.1, 0.15) is 73.4 Å². The number of pyridine rings is 16. The van der Waals surface area contributed by atoms with Crippen molar-refractivity contribution in [3.63, 3.8) is 0 Å². The zero-order valence-corrected chi connectivity index (χ0v) is 78.8. The number of carbonyl (C=O) groups excluding carboxylic acids is 4. The summed E-state index contributed by atoms with van der Waals surface area (Å²) in [4.78, 5) is 151. The summed E-state index contributed by atoms with van der Waals surface area (Å²) in [6.07, 6.45) is 47.1. The maximum atomic E-state index is 12.2. The third-order valence-electron chi connectivity index (χ3n) is 23.8. The molecule has 0 aliphatic rings. The number of carbonyl (C=O) groups is 4. The molecule has 710 valence electrons. The SMILES string of the molecule is CC(C)C(=O)Nc1cncc(-c2cnc3n[nH]c(-c4nc5c(-c6ccncc6)cncc5[nH]4)c3c2)c1.CC(C)CC(=O)Nc1cncc(-c2cnc3n[nH]c(-c4nc5c(-c6ccccn6)cncc5[nH]4)c3c2)c1.CC(C)CC(=O)Nc1cncc(-c2cnc3n[nH]c(-c4nc5c(-c6cccnc6)cncc5[nH]4)c3c2)c1.CCC(=O)Cc1ccc(-c2cnc3n[nH]c(-c4nc5c(-c6ccncc6)cncc5[nH]4)c3c2)cn1. The summed E-state index contributed by atoms with van der Waals surface area (Å²) < 4.78 is 0. The average Bonchev–Trinajstić information content (AvgIpc) is 1.63. The minimum Gasteiger partial charge on any atom is -0.335 e. The Hall–Kier alpha value is -19.8. The van der Waals surface area contributed by atoms with E-state index >= 15 is 0 Å². The summed E-state index contributed by atoms with van der Waals surface area (Å²) in [5.74, 6) is 2.98. The van der Waals surface area contributed by atoms with Gasteiger partial charge in [0.2, 0.25) is 17.7 Å². The zero-order chi connectivity index (χ0) is 99.1. The molecule has 0 aromatic carbocycles. The fourth-order valence-corrected chi connectivity index (χ4v) is 16.6. The third-order valence-corrected chi connectivity index (χ3v) is 23.8. The van der Waals surface area contributed by atoms with Crippen LogP contribution in [-0.2, 0) is 25.6 Å². The van der Waals surface area contributed by atoms with Gasteiger partial charge in [-0.1, -0.05) is 66.7 Å². The smallest absolute Gasteiger partial charge is 0.226 e. The lowest BCUT2D eigenvalue weighted by atomic mass is 10.1. The Labute approximate surface area is 822 Å². The van der Waals surface area contributed by atoms with E-state index in [1.807, 2.05) is 158 Å². The van der Waals surface area contributed by atoms with Gasteiger partial charge in [0.15, 0.2) is 45.9 Å². The van der Waals surface area contributed by atoms with Gasteiger partial charge in [-0.15, -0.1) is 0 Å². The van der Waals surface area contributed by atoms with Crippen molar-refractivity contribution in [2.45, 2.75) is 74.1 Å². The second-order valence-corrected chi connectivity index (χ2v) is 35.3. The molecule has 0 aliphatic carbocycles. The molecule has 0 atom stereocenters. The first-order valence-electron chi connectivity index (χ1n) is 46.5. The minimum absolute atomic E-state index is 0.0373. The average molecular weight is 1920 g/mol. The van der Waals surface area contributed by atoms with E-state index in [2.05, 4.69) is 156 Å². The number of nitrogens with zero attached hydrogens (tertiary/aromatic N) is 24. The van der Waals surface area contributed by atoms with Crippen LogP contribution in [0.2, 0.25) is 0 Å². The molecule has 0 bridgehead atoms. The number of rotatable bonds is 23. The molecule has 0 fully saturated rings. The van der Waals surface area contributed by atoms with Gasteiger partial charge in [-0.3, -0.25) is 99.4 Å². The Morgan fingerprint density at radius 3 is 1.03 bits per heavy atom. The van der Waals surface area contributed by atoms with Gasteiger partial charge in [0.05, 0.1) is 121 Å². The highest BCUT2D eigenvalue weighted by atomic mass is 16.2. The highest BCUT2D eigenvalue weighted by Gasteiger charge is 2.25. The first-order chi connectivity index (χ1) is 70.8. The van der Waals surface area contributed by atoms with Crippen molar-refractivity contribution >= 4 is 129 Å². The second-order valence-electron chi connectivity index (χ2n) is 35.3. The van der Waals surface area contributed by atoms with Gasteiger partial charge in [0, 0.05) is 227 Å². The van der Waals surface area contributed by atoms with Crippen molar-refractivity contribution in [3.05, 3.63) is 276 Å². The fraction of sp³-hybridized carbons (Fsp3) is 0.132. The van der Waals surface area contributed by atoms with Crippen molar-refractivity contribution in [2.75, 3.05) is 16.0 Å². The van der Waals surface area contributed by atoms with Crippen LogP contribution in [0, 0.1) is 17.8 Å². The number of aromatic amines is 8. The van der Waals surface area contributed by atoms with Gasteiger partial charge in [-0.25, -0.2) is 39.9 Å². The van der Waals surface area contributed by atoms with E-state index in [9.17, 15) is 19.2 Å². The highest BCUT2D eigenvalue weighted by Crippen LogP contribution is 2.40. The van der Waals surface area contributed by atoms with Crippen LogP contribution in [0.5, 0.6) is 0 Å². The number of hydrogen-bond acceptors (Lipinski definition) is 28. The molecule has 0 saturated carbocycles. The quantitative estimate of drug-likeness (QED) is 0.0283. The maximum absolute atomic E-state index is 12.2. The molecule has 24 rings (SSSR count). The van der Waals surface area contributed by atoms with E-state index in [0.29, 0.717) is 106 Å². The summed E-state index contributed by atoms with van der Waals surface area (Å²) >= 11 is 0. The largest absolute Gasteiger partial charge is 0.335 e. The Bertz CT molecular complexity index is 8660. The fourth-order valence-electron chi connectivity index (χ4n) is 16.6. The molecule has 24 aromatic heterocycles. The number of fused-ring (bicyclic) bond motifs is 8. The topological polar surface area (TPSA) is 540 Å². The summed E-state index contributed by atoms with van der Waals surface area (Å²) in [6, 6.07) is 34.8. The van der Waals surface area contributed by atoms with E-state index < -0.39 is 0 Å². The molecule has 24 aromatic rings. The Balaban J connectivity index is 0.000000114. The molecule has 0 radical (unpaired) electrons. The number of ketones is 1. The normalized spacial score (nSPS) is 11.4. The lowest BCUT2D eigenvalue weighted by Gasteiger charge is -2.09. The van der Waals surface area contributed by atoms with E-state index in [0.717, 1.165) is 166 Å². The minimum atomic E-state index is -0.127. The van der Waals surface area contributed by atoms with Crippen LogP contribution in [0.25, 0.3) is 223 Å². The van der Waals surface area contributed by atoms with E-state index in [4.69, 9.17) is 19.9 Å². The van der Waals surface area contributed by atoms with Crippen LogP contribution >= 0.6 is 0 Å². The number of Topliss-reactive ketones (excluding diaryl/α,β-unsaturated/α-hetero) is 1. The van der Waals surface area contributed by atoms with Crippen molar-refractivity contribution < 1.29 is 19.2 Å². The second kappa shape index (κ2) is 40.4. The van der Waals surface area contributed by atoms with Crippen LogP contribution in [0.4, 0.5) is 17.1 Å². The molecule has 39 nitrogen and oxygen atoms in total. The van der Waals surface area contributed by atoms with Crippen LogP contribution < -0.4 is 16.0 Å². The Kier molecular flexibility index (Phi) is 25.5. The van der Waals surface area contributed by atoms with Crippen LogP contribution in [0.15, 0.2) is 270 Å². The molecule has 3 amide bonds. The number of aromatic nitrogens is 32. The van der Waals surface area contributed by atoms with Gasteiger partial charge in [-0.05, 0) is 114 Å². The molecular weight excluding hydrogens is 1830 g/mol. The number of imidazole rings is 4. The molecule has 0 spiro atoms. The third kappa shape index (κ3) is 19.8. The van der Waals surface area contributed by atoms with Crippen LogP contribution in [-0.4, -0.2) is 184 Å². The van der Waals surface area contributed by atoms with Crippen molar-refractivity contribution in [1.29, 1.82) is 0 Å². The van der Waals surface area contributed by atoms with Crippen molar-refractivity contribution in [1.82, 2.24) is 160 Å². The molecule has 0 saturated heterocycles. The predicted molar refractivity (Wildman–Crippen MR) is 552 cm³/mol. The number of amides is 3. The molecule has 24 heterocycles. The van der Waals surface area contributed by atoms with Crippen molar-refractivity contribution in [2.24, 2.45) is 17.8 Å². The van der Waals surface area contributed by atoms with Crippen molar-refractivity contribution in [3.8, 4) is 135 Å². The predicted octanol–water partition coefficient (Wildman–Crippen LogP) is 19.2. The van der Waals surface area contributed by atoms with Gasteiger partial charge >= 0.3 is 0 Å². The van der Waals surface area contributed by atoms with E-state index in [-0.39, 0.29) is 41.3 Å². The lowest BCUT2D eigenvalue weighted by molar-refractivity contribution is -0.119. The molecule has 11 N–H and O–H groups in total. The standard InChI is InChI=1S/2C27H23N9O.C26H21N9O.C26H20N8O/c1-15(2)6-23(37)32-19-7-17(10-29-12-19)18-8-20-25(35-36-26(20)31-11-18)27-33-22-14-30-13-21(24(22)34-27)16-4-3-5-28-9-16;1-15(2)7-23(37)32-18-8-16(10-28-12-18)17-9-19-25(35-36-26(19)31-11-17)27-33-22-14-29-13-20(24(22)34-27)21-5-3-4-6-30-21;1-14(2)26(36)31-18-7-16(9-28-11-18)17-8-19-23(34-35-24(19)30-10-17)25-32-21-13-29-12-20(22(21)33-25)15-3-5-27-6-4-15;1-2-19(35)10-18-4-3-16(11-29-18)17-9-20-24(33-34-25(20)30-12-17)26-31-22-14-28-13-21(23(22)32-26)15-5-7-27-8-6-15/h3-5,7-15H,6H2,1-2H3,(H,32,37)(H,33,34)(H,31,35,36);3-6,8-15H,7H2,1-2H3,(H,32,37)(H,33,34)(H,31,35,36);3-14H,1-2H3,(H,31,36)(H,32,33)(H,30,34,35);3-9,11-14H,2,10H2,1H3,(H,31,32)(H,30,33,34). The number of anilines is 3. The van der Waals surface area contributed by atoms with Gasteiger partial charge in [-0.2, -0.15) is 20.4 Å². The monoisotopic (exact) mass is 1910 g/mol. The zero-order valence-electron chi connectivity index (χ0n) is 78.8. The summed E-state index contributed by atoms with van der Waals surface area (Å²) in [6.45, 7) is 13.6. The molecule has 145 heavy (non-hydrogen) atoms.